The van der Waals surface area contributed by atoms with E-state index in [1.54, 1.807) is 24.3 Å². The number of anilines is 1. The highest BCUT2D eigenvalue weighted by Crippen LogP contribution is 2.25. The molecule has 3 rings (SSSR count). The van der Waals surface area contributed by atoms with E-state index in [-0.39, 0.29) is 11.9 Å². The molecule has 0 saturated heterocycles. The summed E-state index contributed by atoms with van der Waals surface area (Å²) in [5.74, 6) is 0.436. The van der Waals surface area contributed by atoms with E-state index in [9.17, 15) is 4.79 Å². The van der Waals surface area contributed by atoms with Crippen molar-refractivity contribution in [3.05, 3.63) is 65.3 Å². The van der Waals surface area contributed by atoms with Gasteiger partial charge in [0.1, 0.15) is 6.04 Å². The number of hydrogen-bond acceptors (Lipinski definition) is 1. The molecule has 1 unspecified atom stereocenters. The van der Waals surface area contributed by atoms with Crippen LogP contribution >= 0.6 is 11.6 Å². The SMILES string of the molecule is CC(C)c1ccc2c(ccn2C(C)C(=O)Nc2ccc(Cl)cc2)c1. The standard InChI is InChI=1S/C20H21ClN2O/c1-13(2)15-4-9-19-16(12-15)10-11-23(19)14(3)20(24)22-18-7-5-17(21)6-8-18/h4-14H,1-3H3,(H,22,24). The quantitative estimate of drug-likeness (QED) is 0.657. The van der Waals surface area contributed by atoms with Crippen molar-refractivity contribution in [1.82, 2.24) is 4.57 Å². The Morgan fingerprint density at radius 2 is 1.75 bits per heavy atom. The number of halogens is 1. The Bertz CT molecular complexity index is 865. The van der Waals surface area contributed by atoms with Gasteiger partial charge in [0.15, 0.2) is 0 Å². The molecule has 0 aliphatic rings. The molecule has 0 bridgehead atoms. The van der Waals surface area contributed by atoms with Crippen LogP contribution in [-0.4, -0.2) is 10.5 Å². The van der Waals surface area contributed by atoms with Gasteiger partial charge in [0.2, 0.25) is 5.91 Å². The van der Waals surface area contributed by atoms with Gasteiger partial charge in [-0.25, -0.2) is 0 Å². The summed E-state index contributed by atoms with van der Waals surface area (Å²) in [5, 5.41) is 4.74. The second-order valence-electron chi connectivity index (χ2n) is 6.37. The van der Waals surface area contributed by atoms with Gasteiger partial charge in [-0.05, 0) is 66.3 Å². The number of aromatic nitrogens is 1. The van der Waals surface area contributed by atoms with Crippen molar-refractivity contribution in [2.45, 2.75) is 32.7 Å². The smallest absolute Gasteiger partial charge is 0.247 e. The zero-order valence-electron chi connectivity index (χ0n) is 14.1. The third-order valence-electron chi connectivity index (χ3n) is 4.32. The lowest BCUT2D eigenvalue weighted by Gasteiger charge is -2.16. The van der Waals surface area contributed by atoms with Crippen LogP contribution in [0.5, 0.6) is 0 Å². The topological polar surface area (TPSA) is 34.0 Å². The number of hydrogen-bond donors (Lipinski definition) is 1. The Morgan fingerprint density at radius 1 is 1.04 bits per heavy atom. The summed E-state index contributed by atoms with van der Waals surface area (Å²) in [6.07, 6.45) is 1.97. The first kappa shape index (κ1) is 16.6. The summed E-state index contributed by atoms with van der Waals surface area (Å²) in [6, 6.07) is 15.3. The normalized spacial score (nSPS) is 12.5. The Kier molecular flexibility index (Phi) is 4.63. The molecule has 3 aromatic rings. The van der Waals surface area contributed by atoms with Crippen LogP contribution in [0.2, 0.25) is 5.02 Å². The molecule has 0 aliphatic carbocycles. The molecule has 0 aliphatic heterocycles. The lowest BCUT2D eigenvalue weighted by atomic mass is 10.0. The molecule has 2 aromatic carbocycles. The van der Waals surface area contributed by atoms with Crippen LogP contribution in [0.25, 0.3) is 10.9 Å². The zero-order valence-corrected chi connectivity index (χ0v) is 14.8. The lowest BCUT2D eigenvalue weighted by Crippen LogP contribution is -2.23. The first-order valence-electron chi connectivity index (χ1n) is 8.12. The number of nitrogens with zero attached hydrogens (tertiary/aromatic N) is 1. The van der Waals surface area contributed by atoms with Gasteiger partial charge in [0, 0.05) is 22.4 Å². The van der Waals surface area contributed by atoms with E-state index in [0.29, 0.717) is 10.9 Å². The van der Waals surface area contributed by atoms with Gasteiger partial charge in [0.05, 0.1) is 0 Å². The van der Waals surface area contributed by atoms with Crippen molar-refractivity contribution in [1.29, 1.82) is 0 Å². The number of benzene rings is 2. The summed E-state index contributed by atoms with van der Waals surface area (Å²) in [5.41, 5.74) is 3.12. The van der Waals surface area contributed by atoms with E-state index in [1.807, 2.05) is 17.7 Å². The maximum Gasteiger partial charge on any atom is 0.247 e. The number of carbonyl (C=O) groups is 1. The van der Waals surface area contributed by atoms with Crippen molar-refractivity contribution < 1.29 is 4.79 Å². The van der Waals surface area contributed by atoms with Gasteiger partial charge in [-0.3, -0.25) is 4.79 Å². The molecule has 3 nitrogen and oxygen atoms in total. The molecule has 0 radical (unpaired) electrons. The fourth-order valence-corrected chi connectivity index (χ4v) is 2.91. The van der Waals surface area contributed by atoms with Crippen LogP contribution in [0.3, 0.4) is 0 Å². The molecule has 4 heteroatoms. The second kappa shape index (κ2) is 6.70. The highest BCUT2D eigenvalue weighted by molar-refractivity contribution is 6.30. The van der Waals surface area contributed by atoms with Crippen molar-refractivity contribution in [3.63, 3.8) is 0 Å². The number of nitrogens with one attached hydrogen (secondary N) is 1. The van der Waals surface area contributed by atoms with Crippen LogP contribution in [0, 0.1) is 0 Å². The fourth-order valence-electron chi connectivity index (χ4n) is 2.79. The van der Waals surface area contributed by atoms with Gasteiger partial charge < -0.3 is 9.88 Å². The maximum atomic E-state index is 12.5. The summed E-state index contributed by atoms with van der Waals surface area (Å²) in [6.45, 7) is 6.27. The van der Waals surface area contributed by atoms with E-state index in [1.165, 1.54) is 5.56 Å². The highest BCUT2D eigenvalue weighted by atomic mass is 35.5. The first-order valence-corrected chi connectivity index (χ1v) is 8.50. The van der Waals surface area contributed by atoms with E-state index < -0.39 is 0 Å². The average Bonchev–Trinajstić information content (AvgIpc) is 2.99. The Balaban J connectivity index is 1.83. The Hall–Kier alpha value is -2.26. The number of amides is 1. The third kappa shape index (κ3) is 3.31. The van der Waals surface area contributed by atoms with Gasteiger partial charge >= 0.3 is 0 Å². The van der Waals surface area contributed by atoms with Crippen LogP contribution in [0.4, 0.5) is 5.69 Å². The maximum absolute atomic E-state index is 12.5. The first-order chi connectivity index (χ1) is 11.5. The van der Waals surface area contributed by atoms with Gasteiger partial charge in [-0.15, -0.1) is 0 Å². The molecule has 0 fully saturated rings. The van der Waals surface area contributed by atoms with Crippen LogP contribution in [0.1, 0.15) is 38.3 Å². The molecule has 1 N–H and O–H groups in total. The predicted octanol–water partition coefficient (Wildman–Crippen LogP) is 5.62. The molecular weight excluding hydrogens is 320 g/mol. The van der Waals surface area contributed by atoms with Crippen LogP contribution < -0.4 is 5.32 Å². The molecular formula is C20H21ClN2O. The van der Waals surface area contributed by atoms with Crippen LogP contribution in [0.15, 0.2) is 54.7 Å². The minimum absolute atomic E-state index is 0.0530. The monoisotopic (exact) mass is 340 g/mol. The van der Waals surface area contributed by atoms with Gasteiger partial charge in [0.25, 0.3) is 0 Å². The van der Waals surface area contributed by atoms with Crippen molar-refractivity contribution in [2.75, 3.05) is 5.32 Å². The Morgan fingerprint density at radius 3 is 2.42 bits per heavy atom. The van der Waals surface area contributed by atoms with E-state index in [4.69, 9.17) is 11.6 Å². The summed E-state index contributed by atoms with van der Waals surface area (Å²) in [4.78, 5) is 12.5. The van der Waals surface area contributed by atoms with Crippen LogP contribution in [-0.2, 0) is 4.79 Å². The molecule has 0 spiro atoms. The molecule has 1 heterocycles. The Labute approximate surface area is 147 Å². The summed E-state index contributed by atoms with van der Waals surface area (Å²) < 4.78 is 2.00. The summed E-state index contributed by atoms with van der Waals surface area (Å²) in [7, 11) is 0. The second-order valence-corrected chi connectivity index (χ2v) is 6.80. The molecule has 124 valence electrons. The average molecular weight is 341 g/mol. The third-order valence-corrected chi connectivity index (χ3v) is 4.57. The predicted molar refractivity (Wildman–Crippen MR) is 101 cm³/mol. The minimum atomic E-state index is -0.303. The molecule has 1 atom stereocenters. The lowest BCUT2D eigenvalue weighted by molar-refractivity contribution is -0.118. The van der Waals surface area contributed by atoms with Crippen molar-refractivity contribution in [3.8, 4) is 0 Å². The van der Waals surface area contributed by atoms with Crippen molar-refractivity contribution in [2.24, 2.45) is 0 Å². The minimum Gasteiger partial charge on any atom is -0.335 e. The molecule has 0 saturated carbocycles. The van der Waals surface area contributed by atoms with Gasteiger partial charge in [-0.1, -0.05) is 31.5 Å². The van der Waals surface area contributed by atoms with Crippen molar-refractivity contribution >= 4 is 34.1 Å². The number of rotatable bonds is 4. The number of carbonyl (C=O) groups excluding carboxylic acids is 1. The largest absolute Gasteiger partial charge is 0.335 e. The number of fused-ring (bicyclic) bond motifs is 1. The zero-order chi connectivity index (χ0) is 17.3. The van der Waals surface area contributed by atoms with E-state index in [0.717, 1.165) is 16.6 Å². The fraction of sp³-hybridized carbons (Fsp3) is 0.250. The van der Waals surface area contributed by atoms with E-state index >= 15 is 0 Å². The molecule has 1 amide bonds. The molecule has 1 aromatic heterocycles. The van der Waals surface area contributed by atoms with Gasteiger partial charge in [-0.2, -0.15) is 0 Å². The van der Waals surface area contributed by atoms with E-state index in [2.05, 4.69) is 43.4 Å². The highest BCUT2D eigenvalue weighted by Gasteiger charge is 2.17. The molecule has 24 heavy (non-hydrogen) atoms. The summed E-state index contributed by atoms with van der Waals surface area (Å²) >= 11 is 5.88.